The number of ether oxygens (including phenoxy) is 1. The number of thiophene rings is 1. The van der Waals surface area contributed by atoms with E-state index < -0.39 is 0 Å². The topological polar surface area (TPSA) is 56.2 Å². The Morgan fingerprint density at radius 1 is 1.27 bits per heavy atom. The molecule has 1 aromatic heterocycles. The molecule has 2 fully saturated rings. The molecule has 0 amide bonds. The highest BCUT2D eigenvalue weighted by Gasteiger charge is 2.35. The number of rotatable bonds is 3. The van der Waals surface area contributed by atoms with Gasteiger partial charge in [0.15, 0.2) is 0 Å². The van der Waals surface area contributed by atoms with Gasteiger partial charge in [0, 0.05) is 43.6 Å². The molecule has 0 aromatic carbocycles. The van der Waals surface area contributed by atoms with Crippen molar-refractivity contribution in [3.05, 3.63) is 21.9 Å². The molecule has 2 aliphatic heterocycles. The Labute approximate surface area is 135 Å². The van der Waals surface area contributed by atoms with Gasteiger partial charge in [-0.25, -0.2) is 0 Å². The lowest BCUT2D eigenvalue weighted by atomic mass is 10.2. The van der Waals surface area contributed by atoms with Crippen molar-refractivity contribution in [2.45, 2.75) is 18.7 Å². The van der Waals surface area contributed by atoms with Gasteiger partial charge < -0.3 is 14.9 Å². The summed E-state index contributed by atoms with van der Waals surface area (Å²) in [5, 5.41) is 19.1. The van der Waals surface area contributed by atoms with Crippen LogP contribution in [0.15, 0.2) is 12.1 Å². The summed E-state index contributed by atoms with van der Waals surface area (Å²) < 4.78 is 5.39. The maximum atomic E-state index is 10.3. The van der Waals surface area contributed by atoms with Crippen molar-refractivity contribution >= 4 is 11.3 Å². The Morgan fingerprint density at radius 3 is 2.86 bits per heavy atom. The second-order valence-corrected chi connectivity index (χ2v) is 6.87. The summed E-state index contributed by atoms with van der Waals surface area (Å²) in [7, 11) is 0. The molecule has 22 heavy (non-hydrogen) atoms. The lowest BCUT2D eigenvalue weighted by Gasteiger charge is -2.33. The van der Waals surface area contributed by atoms with Crippen LogP contribution in [0.4, 0.5) is 0 Å². The van der Waals surface area contributed by atoms with Gasteiger partial charge in [-0.3, -0.25) is 9.80 Å². The van der Waals surface area contributed by atoms with Crippen molar-refractivity contribution in [3.8, 4) is 11.8 Å². The standard InChI is InChI=1S/C16H22N2O3S/c19-7-1-2-13-3-4-14(22-13)10-17-11-15(16(20)12-17)18-5-8-21-9-6-18/h3-4,15-16,19-20H,5-12H2/t15-,16-/m0/s1. The maximum Gasteiger partial charge on any atom is 0.104 e. The third-order valence-corrected chi connectivity index (χ3v) is 5.17. The molecular formula is C16H22N2O3S. The Kier molecular flexibility index (Phi) is 5.47. The second kappa shape index (κ2) is 7.55. The SMILES string of the molecule is OCC#Cc1ccc(CN2C[C@H](O)[C@@H](N3CCOCC3)C2)s1. The average Bonchev–Trinajstić information content (AvgIpc) is 3.13. The Hall–Kier alpha value is -0.940. The van der Waals surface area contributed by atoms with Crippen LogP contribution in [0.3, 0.4) is 0 Å². The largest absolute Gasteiger partial charge is 0.390 e. The minimum absolute atomic E-state index is 0.104. The summed E-state index contributed by atoms with van der Waals surface area (Å²) in [6.07, 6.45) is -0.285. The van der Waals surface area contributed by atoms with E-state index in [0.717, 1.165) is 50.8 Å². The molecule has 0 aliphatic carbocycles. The van der Waals surface area contributed by atoms with E-state index in [1.165, 1.54) is 4.88 Å². The maximum absolute atomic E-state index is 10.3. The van der Waals surface area contributed by atoms with Crippen LogP contribution in [0, 0.1) is 11.8 Å². The molecule has 3 heterocycles. The number of morpholine rings is 1. The minimum atomic E-state index is -0.285. The Balaban J connectivity index is 1.56. The number of hydrogen-bond donors (Lipinski definition) is 2. The lowest BCUT2D eigenvalue weighted by Crippen LogP contribution is -2.48. The molecule has 2 atom stereocenters. The summed E-state index contributed by atoms with van der Waals surface area (Å²) in [4.78, 5) is 6.88. The van der Waals surface area contributed by atoms with Gasteiger partial charge in [0.2, 0.25) is 0 Å². The van der Waals surface area contributed by atoms with Crippen LogP contribution in [0.1, 0.15) is 9.75 Å². The van der Waals surface area contributed by atoms with E-state index in [9.17, 15) is 5.11 Å². The number of β-amino-alcohol motifs (C(OH)–C–C–N with tert-alkyl or cyclic N) is 1. The predicted octanol–water partition coefficient (Wildman–Crippen LogP) is -0.0308. The fourth-order valence-corrected chi connectivity index (χ4v) is 4.05. The van der Waals surface area contributed by atoms with Crippen molar-refractivity contribution in [1.82, 2.24) is 9.80 Å². The van der Waals surface area contributed by atoms with Gasteiger partial charge in [-0.05, 0) is 12.1 Å². The van der Waals surface area contributed by atoms with Crippen molar-refractivity contribution in [3.63, 3.8) is 0 Å². The van der Waals surface area contributed by atoms with Gasteiger partial charge >= 0.3 is 0 Å². The normalized spacial score (nSPS) is 26.8. The first-order chi connectivity index (χ1) is 10.8. The van der Waals surface area contributed by atoms with E-state index in [-0.39, 0.29) is 18.8 Å². The van der Waals surface area contributed by atoms with E-state index in [0.29, 0.717) is 0 Å². The summed E-state index contributed by atoms with van der Waals surface area (Å²) in [5.41, 5.74) is 0. The van der Waals surface area contributed by atoms with E-state index in [1.807, 2.05) is 6.07 Å². The smallest absolute Gasteiger partial charge is 0.104 e. The first-order valence-electron chi connectivity index (χ1n) is 7.67. The fourth-order valence-electron chi connectivity index (χ4n) is 3.12. The van der Waals surface area contributed by atoms with Crippen molar-refractivity contribution in [1.29, 1.82) is 0 Å². The zero-order valence-electron chi connectivity index (χ0n) is 12.6. The first-order valence-corrected chi connectivity index (χ1v) is 8.48. The van der Waals surface area contributed by atoms with E-state index in [1.54, 1.807) is 11.3 Å². The van der Waals surface area contributed by atoms with Crippen LogP contribution in [0.2, 0.25) is 0 Å². The molecule has 120 valence electrons. The fraction of sp³-hybridized carbons (Fsp3) is 0.625. The third kappa shape index (κ3) is 3.87. The summed E-state index contributed by atoms with van der Waals surface area (Å²) >= 11 is 1.66. The van der Waals surface area contributed by atoms with Crippen molar-refractivity contribution < 1.29 is 14.9 Å². The second-order valence-electron chi connectivity index (χ2n) is 5.70. The van der Waals surface area contributed by atoms with Crippen LogP contribution >= 0.6 is 11.3 Å². The molecule has 3 rings (SSSR count). The van der Waals surface area contributed by atoms with Crippen molar-refractivity contribution in [2.75, 3.05) is 46.0 Å². The highest BCUT2D eigenvalue weighted by atomic mass is 32.1. The molecule has 2 aliphatic rings. The highest BCUT2D eigenvalue weighted by molar-refractivity contribution is 7.12. The molecule has 0 saturated carbocycles. The number of hydrogen-bond acceptors (Lipinski definition) is 6. The van der Waals surface area contributed by atoms with Gasteiger partial charge in [0.25, 0.3) is 0 Å². The quantitative estimate of drug-likeness (QED) is 0.766. The van der Waals surface area contributed by atoms with Gasteiger partial charge in [0.1, 0.15) is 6.61 Å². The Morgan fingerprint density at radius 2 is 2.09 bits per heavy atom. The van der Waals surface area contributed by atoms with Crippen LogP contribution in [0.25, 0.3) is 0 Å². The van der Waals surface area contributed by atoms with Crippen LogP contribution < -0.4 is 0 Å². The number of aliphatic hydroxyl groups excluding tert-OH is 2. The molecule has 1 aromatic rings. The van der Waals surface area contributed by atoms with E-state index in [4.69, 9.17) is 9.84 Å². The van der Waals surface area contributed by atoms with Crippen LogP contribution in [-0.4, -0.2) is 78.2 Å². The molecular weight excluding hydrogens is 300 g/mol. The first kappa shape index (κ1) is 15.9. The van der Waals surface area contributed by atoms with Gasteiger partial charge in [-0.15, -0.1) is 11.3 Å². The summed E-state index contributed by atoms with van der Waals surface area (Å²) in [6, 6.07) is 4.30. The number of likely N-dealkylation sites (tertiary alicyclic amines) is 1. The van der Waals surface area contributed by atoms with E-state index >= 15 is 0 Å². The Bertz CT molecular complexity index is 545. The van der Waals surface area contributed by atoms with Crippen LogP contribution in [0.5, 0.6) is 0 Å². The lowest BCUT2D eigenvalue weighted by molar-refractivity contribution is -0.00617. The third-order valence-electron chi connectivity index (χ3n) is 4.18. The molecule has 5 nitrogen and oxygen atoms in total. The predicted molar refractivity (Wildman–Crippen MR) is 85.7 cm³/mol. The molecule has 2 N–H and O–H groups in total. The molecule has 0 unspecified atom stereocenters. The summed E-state index contributed by atoms with van der Waals surface area (Å²) in [6.45, 7) is 5.72. The zero-order chi connectivity index (χ0) is 15.4. The summed E-state index contributed by atoms with van der Waals surface area (Å²) in [5.74, 6) is 5.61. The van der Waals surface area contributed by atoms with E-state index in [2.05, 4.69) is 27.7 Å². The molecule has 0 spiro atoms. The highest BCUT2D eigenvalue weighted by Crippen LogP contribution is 2.23. The van der Waals surface area contributed by atoms with Gasteiger partial charge in [-0.2, -0.15) is 0 Å². The average molecular weight is 322 g/mol. The van der Waals surface area contributed by atoms with Gasteiger partial charge in [0.05, 0.1) is 24.2 Å². The molecule has 6 heteroatoms. The molecule has 0 bridgehead atoms. The zero-order valence-corrected chi connectivity index (χ0v) is 13.4. The molecule has 0 radical (unpaired) electrons. The number of nitrogens with zero attached hydrogens (tertiary/aromatic N) is 2. The minimum Gasteiger partial charge on any atom is -0.390 e. The number of aliphatic hydroxyl groups is 2. The van der Waals surface area contributed by atoms with Gasteiger partial charge in [-0.1, -0.05) is 11.8 Å². The van der Waals surface area contributed by atoms with Crippen LogP contribution in [-0.2, 0) is 11.3 Å². The monoisotopic (exact) mass is 322 g/mol. The molecule has 2 saturated heterocycles. The van der Waals surface area contributed by atoms with Crippen molar-refractivity contribution in [2.24, 2.45) is 0 Å².